The van der Waals surface area contributed by atoms with Gasteiger partial charge in [-0.1, -0.05) is 6.92 Å². The standard InChI is InChI=1S/C16H22N4OS/c1-10-5-6-11-12(7-10)22-16-14(11)15(17-9-18-16)20(4)8-13(21)19(2)3/h9-10H,5-8H2,1-4H3. The normalized spacial score (nSPS) is 17.4. The molecule has 1 aliphatic rings. The van der Waals surface area contributed by atoms with Gasteiger partial charge in [0.25, 0.3) is 0 Å². The van der Waals surface area contributed by atoms with E-state index in [2.05, 4.69) is 16.9 Å². The monoisotopic (exact) mass is 318 g/mol. The first-order valence-electron chi connectivity index (χ1n) is 7.64. The molecule has 0 radical (unpaired) electrons. The Morgan fingerprint density at radius 2 is 2.14 bits per heavy atom. The number of aryl methyl sites for hydroxylation is 1. The van der Waals surface area contributed by atoms with E-state index in [1.165, 1.54) is 16.9 Å². The number of carbonyl (C=O) groups is 1. The van der Waals surface area contributed by atoms with E-state index < -0.39 is 0 Å². The zero-order valence-corrected chi connectivity index (χ0v) is 14.4. The van der Waals surface area contributed by atoms with Crippen LogP contribution in [0.1, 0.15) is 23.8 Å². The van der Waals surface area contributed by atoms with Crippen LogP contribution >= 0.6 is 11.3 Å². The van der Waals surface area contributed by atoms with Gasteiger partial charge >= 0.3 is 0 Å². The van der Waals surface area contributed by atoms with Crippen molar-refractivity contribution >= 4 is 33.3 Å². The number of carbonyl (C=O) groups excluding carboxylic acids is 1. The molecular formula is C16H22N4OS. The number of hydrogen-bond acceptors (Lipinski definition) is 5. The Balaban J connectivity index is 2.01. The summed E-state index contributed by atoms with van der Waals surface area (Å²) in [5.41, 5.74) is 1.40. The van der Waals surface area contributed by atoms with Gasteiger partial charge in [0.05, 0.1) is 11.9 Å². The number of amides is 1. The Morgan fingerprint density at radius 3 is 2.86 bits per heavy atom. The number of aromatic nitrogens is 2. The van der Waals surface area contributed by atoms with Crippen molar-refractivity contribution in [2.75, 3.05) is 32.6 Å². The van der Waals surface area contributed by atoms with Crippen molar-refractivity contribution in [3.63, 3.8) is 0 Å². The van der Waals surface area contributed by atoms with Crippen LogP contribution < -0.4 is 4.90 Å². The van der Waals surface area contributed by atoms with Gasteiger partial charge in [-0.3, -0.25) is 4.79 Å². The molecule has 0 N–H and O–H groups in total. The lowest BCUT2D eigenvalue weighted by molar-refractivity contribution is -0.127. The molecular weight excluding hydrogens is 296 g/mol. The molecule has 0 saturated heterocycles. The van der Waals surface area contributed by atoms with Crippen molar-refractivity contribution in [3.8, 4) is 0 Å². The van der Waals surface area contributed by atoms with Crippen LogP contribution in [-0.4, -0.2) is 48.5 Å². The first-order chi connectivity index (χ1) is 10.5. The minimum absolute atomic E-state index is 0.0759. The molecule has 0 fully saturated rings. The fourth-order valence-corrected chi connectivity index (χ4v) is 4.31. The fraction of sp³-hybridized carbons (Fsp3) is 0.562. The van der Waals surface area contributed by atoms with Gasteiger partial charge in [-0.05, 0) is 30.7 Å². The van der Waals surface area contributed by atoms with Crippen LogP contribution in [0.3, 0.4) is 0 Å². The van der Waals surface area contributed by atoms with Crippen LogP contribution in [0.15, 0.2) is 6.33 Å². The Hall–Kier alpha value is -1.69. The highest BCUT2D eigenvalue weighted by molar-refractivity contribution is 7.19. The molecule has 3 rings (SSSR count). The first-order valence-corrected chi connectivity index (χ1v) is 8.45. The largest absolute Gasteiger partial charge is 0.350 e. The Bertz CT molecular complexity index is 709. The van der Waals surface area contributed by atoms with Crippen LogP contribution in [0.4, 0.5) is 5.82 Å². The van der Waals surface area contributed by atoms with Crippen molar-refractivity contribution in [1.29, 1.82) is 0 Å². The molecule has 0 spiro atoms. The highest BCUT2D eigenvalue weighted by Gasteiger charge is 2.24. The number of nitrogens with zero attached hydrogens (tertiary/aromatic N) is 4. The Labute approximate surface area is 135 Å². The molecule has 1 unspecified atom stereocenters. The Morgan fingerprint density at radius 1 is 1.36 bits per heavy atom. The quantitative estimate of drug-likeness (QED) is 0.871. The summed E-state index contributed by atoms with van der Waals surface area (Å²) in [7, 11) is 5.48. The van der Waals surface area contributed by atoms with E-state index in [-0.39, 0.29) is 5.91 Å². The number of hydrogen-bond donors (Lipinski definition) is 0. The van der Waals surface area contributed by atoms with E-state index in [9.17, 15) is 4.79 Å². The zero-order valence-electron chi connectivity index (χ0n) is 13.6. The maximum absolute atomic E-state index is 12.0. The highest BCUT2D eigenvalue weighted by atomic mass is 32.1. The second-order valence-corrected chi connectivity index (χ2v) is 7.46. The molecule has 1 atom stereocenters. The molecule has 1 amide bonds. The van der Waals surface area contributed by atoms with Crippen LogP contribution in [0, 0.1) is 5.92 Å². The second-order valence-electron chi connectivity index (χ2n) is 6.37. The zero-order chi connectivity index (χ0) is 15.9. The molecule has 0 bridgehead atoms. The second kappa shape index (κ2) is 5.83. The van der Waals surface area contributed by atoms with E-state index >= 15 is 0 Å². The van der Waals surface area contributed by atoms with Crippen LogP contribution in [0.2, 0.25) is 0 Å². The molecule has 0 aliphatic heterocycles. The van der Waals surface area contributed by atoms with Crippen LogP contribution in [0.25, 0.3) is 10.2 Å². The maximum atomic E-state index is 12.0. The van der Waals surface area contributed by atoms with E-state index in [1.54, 1.807) is 36.7 Å². The van der Waals surface area contributed by atoms with Crippen molar-refractivity contribution in [1.82, 2.24) is 14.9 Å². The van der Waals surface area contributed by atoms with Gasteiger partial charge < -0.3 is 9.80 Å². The number of anilines is 1. The van der Waals surface area contributed by atoms with Gasteiger partial charge in [0.2, 0.25) is 5.91 Å². The minimum Gasteiger partial charge on any atom is -0.350 e. The first kappa shape index (κ1) is 15.2. The molecule has 2 heterocycles. The highest BCUT2D eigenvalue weighted by Crippen LogP contribution is 2.40. The number of rotatable bonds is 3. The summed E-state index contributed by atoms with van der Waals surface area (Å²) >= 11 is 1.79. The minimum atomic E-state index is 0.0759. The third kappa shape index (κ3) is 2.67. The van der Waals surface area contributed by atoms with Gasteiger partial charge in [-0.25, -0.2) is 9.97 Å². The van der Waals surface area contributed by atoms with Gasteiger partial charge in [0.15, 0.2) is 0 Å². The molecule has 0 aromatic carbocycles. The van der Waals surface area contributed by atoms with Crippen molar-refractivity contribution < 1.29 is 4.79 Å². The topological polar surface area (TPSA) is 49.3 Å². The SMILES string of the molecule is CC1CCc2c(sc3ncnc(N(C)CC(=O)N(C)C)c23)C1. The van der Waals surface area contributed by atoms with Crippen LogP contribution in [0.5, 0.6) is 0 Å². The molecule has 1 aliphatic carbocycles. The summed E-state index contributed by atoms with van der Waals surface area (Å²) in [4.78, 5) is 26.9. The van der Waals surface area contributed by atoms with E-state index in [4.69, 9.17) is 0 Å². The third-order valence-corrected chi connectivity index (χ3v) is 5.47. The molecule has 0 saturated carbocycles. The van der Waals surface area contributed by atoms with Gasteiger partial charge in [0.1, 0.15) is 17.0 Å². The summed E-state index contributed by atoms with van der Waals surface area (Å²) in [5, 5.41) is 1.16. The van der Waals surface area contributed by atoms with Crippen molar-refractivity contribution in [2.45, 2.75) is 26.2 Å². The maximum Gasteiger partial charge on any atom is 0.241 e. The fourth-order valence-electron chi connectivity index (χ4n) is 2.97. The molecule has 5 nitrogen and oxygen atoms in total. The van der Waals surface area contributed by atoms with E-state index in [0.29, 0.717) is 6.54 Å². The number of thiophene rings is 1. The van der Waals surface area contributed by atoms with E-state index in [1.807, 2.05) is 11.9 Å². The van der Waals surface area contributed by atoms with Gasteiger partial charge in [0, 0.05) is 26.0 Å². The lowest BCUT2D eigenvalue weighted by atomic mass is 9.89. The predicted molar refractivity (Wildman–Crippen MR) is 90.6 cm³/mol. The summed E-state index contributed by atoms with van der Waals surface area (Å²) in [6.07, 6.45) is 5.05. The molecule has 22 heavy (non-hydrogen) atoms. The molecule has 2 aromatic rings. The Kier molecular flexibility index (Phi) is 4.04. The van der Waals surface area contributed by atoms with Gasteiger partial charge in [-0.2, -0.15) is 0 Å². The third-order valence-electron chi connectivity index (χ3n) is 4.30. The number of likely N-dealkylation sites (N-methyl/N-ethyl adjacent to an activating group) is 2. The summed E-state index contributed by atoms with van der Waals surface area (Å²) in [5.74, 6) is 1.70. The van der Waals surface area contributed by atoms with Gasteiger partial charge in [-0.15, -0.1) is 11.3 Å². The van der Waals surface area contributed by atoms with Crippen molar-refractivity contribution in [2.24, 2.45) is 5.92 Å². The molecule has 2 aromatic heterocycles. The predicted octanol–water partition coefficient (Wildman–Crippen LogP) is 2.34. The smallest absolute Gasteiger partial charge is 0.241 e. The summed E-state index contributed by atoms with van der Waals surface area (Å²) < 4.78 is 0. The average Bonchev–Trinajstić information content (AvgIpc) is 2.83. The number of fused-ring (bicyclic) bond motifs is 3. The molecule has 6 heteroatoms. The van der Waals surface area contributed by atoms with Crippen LogP contribution in [-0.2, 0) is 17.6 Å². The van der Waals surface area contributed by atoms with Crippen molar-refractivity contribution in [3.05, 3.63) is 16.8 Å². The van der Waals surface area contributed by atoms with E-state index in [0.717, 1.165) is 34.8 Å². The summed E-state index contributed by atoms with van der Waals surface area (Å²) in [6.45, 7) is 2.64. The lowest BCUT2D eigenvalue weighted by Gasteiger charge is -2.22. The average molecular weight is 318 g/mol. The molecule has 118 valence electrons. The summed E-state index contributed by atoms with van der Waals surface area (Å²) in [6, 6.07) is 0. The lowest BCUT2D eigenvalue weighted by Crippen LogP contribution is -2.34.